The molecule has 0 radical (unpaired) electrons. The fourth-order valence-corrected chi connectivity index (χ4v) is 4.15. The third-order valence-electron chi connectivity index (χ3n) is 4.39. The Balaban J connectivity index is 2.35. The van der Waals surface area contributed by atoms with Gasteiger partial charge in [0.2, 0.25) is 0 Å². The van der Waals surface area contributed by atoms with Crippen LogP contribution in [0.15, 0.2) is 70.5 Å². The van der Waals surface area contributed by atoms with Crippen LogP contribution in [0.3, 0.4) is 0 Å². The summed E-state index contributed by atoms with van der Waals surface area (Å²) >= 11 is 0. The van der Waals surface area contributed by atoms with Crippen LogP contribution in [0.2, 0.25) is 0 Å². The van der Waals surface area contributed by atoms with E-state index in [-0.39, 0.29) is 5.92 Å². The molecule has 25 heavy (non-hydrogen) atoms. The smallest absolute Gasteiger partial charge is 0.0812 e. The Morgan fingerprint density at radius 2 is 1.76 bits per heavy atom. The molecule has 0 fully saturated rings. The number of aliphatic hydroxyl groups excluding tert-OH is 1. The van der Waals surface area contributed by atoms with Crippen molar-refractivity contribution < 1.29 is 9.32 Å². The lowest BCUT2D eigenvalue weighted by molar-refractivity contribution is 0.208. The molecule has 1 unspecified atom stereocenters. The van der Waals surface area contributed by atoms with Crippen molar-refractivity contribution in [3.05, 3.63) is 76.7 Å². The number of allylic oxidation sites excluding steroid dienone is 1. The second-order valence-corrected chi connectivity index (χ2v) is 7.97. The van der Waals surface area contributed by atoms with E-state index in [1.54, 1.807) is 0 Å². The van der Waals surface area contributed by atoms with Crippen LogP contribution in [-0.4, -0.2) is 15.4 Å². The van der Waals surface area contributed by atoms with Crippen molar-refractivity contribution in [1.82, 2.24) is 0 Å². The molecule has 3 heteroatoms. The van der Waals surface area contributed by atoms with E-state index >= 15 is 0 Å². The van der Waals surface area contributed by atoms with Crippen molar-refractivity contribution in [3.8, 4) is 0 Å². The largest absolute Gasteiger partial charge is 0.389 e. The van der Waals surface area contributed by atoms with Crippen LogP contribution in [0.25, 0.3) is 0 Å². The van der Waals surface area contributed by atoms with Gasteiger partial charge in [-0.2, -0.15) is 0 Å². The Morgan fingerprint density at radius 3 is 2.36 bits per heavy atom. The minimum atomic E-state index is -1.29. The molecular weight excluding hydrogens is 328 g/mol. The molecule has 3 atom stereocenters. The second-order valence-electron chi connectivity index (χ2n) is 6.49. The van der Waals surface area contributed by atoms with Gasteiger partial charge in [0.25, 0.3) is 0 Å². The molecule has 0 aliphatic rings. The Kier molecular flexibility index (Phi) is 7.60. The van der Waals surface area contributed by atoms with Crippen molar-refractivity contribution >= 4 is 10.8 Å². The van der Waals surface area contributed by atoms with E-state index in [0.29, 0.717) is 6.42 Å². The number of aryl methyl sites for hydroxylation is 1. The third-order valence-corrected chi connectivity index (χ3v) is 6.00. The highest BCUT2D eigenvalue weighted by Gasteiger charge is 2.20. The van der Waals surface area contributed by atoms with Gasteiger partial charge in [0.15, 0.2) is 0 Å². The zero-order valence-corrected chi connectivity index (χ0v) is 16.1. The molecule has 0 heterocycles. The van der Waals surface area contributed by atoms with E-state index in [1.165, 1.54) is 0 Å². The predicted molar refractivity (Wildman–Crippen MR) is 106 cm³/mol. The molecule has 2 aromatic rings. The monoisotopic (exact) mass is 356 g/mol. The SMILES string of the molecule is CCCC[C@@H](O)/C=C(/[C@@H](C)c1ccccc1)S(=O)c1ccc(C)cc1. The molecule has 0 aliphatic heterocycles. The van der Waals surface area contributed by atoms with Crippen LogP contribution < -0.4 is 0 Å². The molecule has 0 bridgehead atoms. The van der Waals surface area contributed by atoms with E-state index in [0.717, 1.165) is 33.8 Å². The van der Waals surface area contributed by atoms with Gasteiger partial charge in [-0.1, -0.05) is 74.7 Å². The van der Waals surface area contributed by atoms with E-state index < -0.39 is 16.9 Å². The predicted octanol–water partition coefficient (Wildman–Crippen LogP) is 5.34. The summed E-state index contributed by atoms with van der Waals surface area (Å²) in [4.78, 5) is 1.56. The van der Waals surface area contributed by atoms with Gasteiger partial charge in [0, 0.05) is 15.7 Å². The third kappa shape index (κ3) is 5.65. The van der Waals surface area contributed by atoms with Crippen molar-refractivity contribution in [2.45, 2.75) is 57.0 Å². The maximum atomic E-state index is 13.2. The van der Waals surface area contributed by atoms with Crippen LogP contribution >= 0.6 is 0 Å². The number of rotatable bonds is 8. The summed E-state index contributed by atoms with van der Waals surface area (Å²) in [6.07, 6.45) is 3.95. The summed E-state index contributed by atoms with van der Waals surface area (Å²) in [6.45, 7) is 6.18. The highest BCUT2D eigenvalue weighted by molar-refractivity contribution is 7.89. The number of benzene rings is 2. The molecule has 2 rings (SSSR count). The summed E-state index contributed by atoms with van der Waals surface area (Å²) in [6, 6.07) is 17.8. The van der Waals surface area contributed by atoms with Gasteiger partial charge in [-0.25, -0.2) is 4.21 Å². The fraction of sp³-hybridized carbons (Fsp3) is 0.364. The fourth-order valence-electron chi connectivity index (χ4n) is 2.76. The summed E-state index contributed by atoms with van der Waals surface area (Å²) in [7, 11) is -1.29. The van der Waals surface area contributed by atoms with Gasteiger partial charge < -0.3 is 5.11 Å². The Bertz CT molecular complexity index is 705. The van der Waals surface area contributed by atoms with Crippen LogP contribution in [0.1, 0.15) is 50.2 Å². The maximum Gasteiger partial charge on any atom is 0.0812 e. The van der Waals surface area contributed by atoms with Crippen LogP contribution in [0.4, 0.5) is 0 Å². The topological polar surface area (TPSA) is 37.3 Å². The molecule has 0 aromatic heterocycles. The lowest BCUT2D eigenvalue weighted by Crippen LogP contribution is -2.11. The van der Waals surface area contributed by atoms with Crippen molar-refractivity contribution in [1.29, 1.82) is 0 Å². The molecule has 0 aliphatic carbocycles. The standard InChI is InChI=1S/C22H28O2S/c1-4-5-11-20(23)16-22(18(3)19-9-7-6-8-10-19)25(24)21-14-12-17(2)13-15-21/h6-10,12-16,18,20,23H,4-5,11H2,1-3H3/b22-16-/t18-,20+,25?/m0/s1. The van der Waals surface area contributed by atoms with E-state index in [9.17, 15) is 9.32 Å². The number of hydrogen-bond donors (Lipinski definition) is 1. The highest BCUT2D eigenvalue weighted by atomic mass is 32.2. The van der Waals surface area contributed by atoms with Gasteiger partial charge >= 0.3 is 0 Å². The number of unbranched alkanes of at least 4 members (excludes halogenated alkanes) is 1. The highest BCUT2D eigenvalue weighted by Crippen LogP contribution is 2.30. The quantitative estimate of drug-likeness (QED) is 0.693. The molecule has 134 valence electrons. The first-order valence-corrected chi connectivity index (χ1v) is 10.1. The normalized spacial score (nSPS) is 15.6. The van der Waals surface area contributed by atoms with Crippen molar-refractivity contribution in [3.63, 3.8) is 0 Å². The maximum absolute atomic E-state index is 13.2. The van der Waals surface area contributed by atoms with Crippen LogP contribution in [0, 0.1) is 6.92 Å². The summed E-state index contributed by atoms with van der Waals surface area (Å²) in [5, 5.41) is 10.4. The van der Waals surface area contributed by atoms with Gasteiger partial charge in [-0.05, 0) is 37.1 Å². The zero-order chi connectivity index (χ0) is 18.2. The number of aliphatic hydroxyl groups is 1. The lowest BCUT2D eigenvalue weighted by Gasteiger charge is -2.18. The summed E-state index contributed by atoms with van der Waals surface area (Å²) in [5.74, 6) is -0.0142. The van der Waals surface area contributed by atoms with Crippen molar-refractivity contribution in [2.24, 2.45) is 0 Å². The molecule has 2 aromatic carbocycles. The Labute approximate surface area is 154 Å². The molecule has 0 spiro atoms. The number of hydrogen-bond acceptors (Lipinski definition) is 2. The molecular formula is C22H28O2S. The summed E-state index contributed by atoms with van der Waals surface area (Å²) in [5.41, 5.74) is 2.25. The Morgan fingerprint density at radius 1 is 1.12 bits per heavy atom. The van der Waals surface area contributed by atoms with E-state index in [1.807, 2.05) is 67.6 Å². The first kappa shape index (κ1) is 19.6. The van der Waals surface area contributed by atoms with Gasteiger partial charge in [0.1, 0.15) is 0 Å². The first-order valence-electron chi connectivity index (χ1n) is 8.96. The van der Waals surface area contributed by atoms with Gasteiger partial charge in [-0.15, -0.1) is 0 Å². The van der Waals surface area contributed by atoms with Crippen LogP contribution in [-0.2, 0) is 10.8 Å². The molecule has 1 N–H and O–H groups in total. The summed E-state index contributed by atoms with van der Waals surface area (Å²) < 4.78 is 13.2. The first-order chi connectivity index (χ1) is 12.0. The second kappa shape index (κ2) is 9.69. The minimum absolute atomic E-state index is 0.0142. The average molecular weight is 357 g/mol. The molecule has 2 nitrogen and oxygen atoms in total. The zero-order valence-electron chi connectivity index (χ0n) is 15.3. The molecule has 0 saturated carbocycles. The molecule has 0 amide bonds. The lowest BCUT2D eigenvalue weighted by atomic mass is 9.99. The minimum Gasteiger partial charge on any atom is -0.389 e. The van der Waals surface area contributed by atoms with Gasteiger partial charge in [0.05, 0.1) is 16.9 Å². The van der Waals surface area contributed by atoms with E-state index in [4.69, 9.17) is 0 Å². The Hall–Kier alpha value is -1.71. The van der Waals surface area contributed by atoms with Gasteiger partial charge in [-0.3, -0.25) is 0 Å². The van der Waals surface area contributed by atoms with E-state index in [2.05, 4.69) is 13.8 Å². The average Bonchev–Trinajstić information content (AvgIpc) is 2.64. The molecule has 0 saturated heterocycles. The van der Waals surface area contributed by atoms with Crippen LogP contribution in [0.5, 0.6) is 0 Å². The van der Waals surface area contributed by atoms with Crippen molar-refractivity contribution in [2.75, 3.05) is 0 Å².